The normalized spacial score (nSPS) is 10.3. The maximum Gasteiger partial charge on any atom is 0.394 e. The molecule has 0 radical (unpaired) electrons. The summed E-state index contributed by atoms with van der Waals surface area (Å²) in [5.74, 6) is -1.40. The number of anilines is 2. The summed E-state index contributed by atoms with van der Waals surface area (Å²) in [6.45, 7) is 4.25. The summed E-state index contributed by atoms with van der Waals surface area (Å²) in [7, 11) is -4.67. The first kappa shape index (κ1) is 20.2. The Labute approximate surface area is 144 Å². The summed E-state index contributed by atoms with van der Waals surface area (Å²) < 4.78 is 31.6. The van der Waals surface area contributed by atoms with Crippen LogP contribution in [-0.2, 0) is 10.4 Å². The topological polar surface area (TPSA) is 135 Å². The zero-order valence-electron chi connectivity index (χ0n) is 13.0. The van der Waals surface area contributed by atoms with Crippen molar-refractivity contribution in [3.8, 4) is 5.75 Å². The average molecular weight is 367 g/mol. The van der Waals surface area contributed by atoms with E-state index in [9.17, 15) is 9.90 Å². The third-order valence-electron chi connectivity index (χ3n) is 2.90. The van der Waals surface area contributed by atoms with E-state index in [1.54, 1.807) is 12.1 Å². The van der Waals surface area contributed by atoms with Crippen LogP contribution in [0.15, 0.2) is 61.2 Å². The van der Waals surface area contributed by atoms with Gasteiger partial charge in [-0.2, -0.15) is 8.42 Å². The first-order valence-electron chi connectivity index (χ1n) is 6.83. The monoisotopic (exact) mass is 367 g/mol. The van der Waals surface area contributed by atoms with Gasteiger partial charge in [-0.15, -0.1) is 6.58 Å². The van der Waals surface area contributed by atoms with Gasteiger partial charge in [-0.05, 0) is 30.3 Å². The van der Waals surface area contributed by atoms with Crippen molar-refractivity contribution in [2.45, 2.75) is 0 Å². The minimum atomic E-state index is -4.67. The number of carbonyl (C=O) groups is 1. The molecule has 0 aromatic heterocycles. The molecular formula is C16H17NO7S. The van der Waals surface area contributed by atoms with Gasteiger partial charge in [0.2, 0.25) is 0 Å². The van der Waals surface area contributed by atoms with E-state index in [1.165, 1.54) is 12.1 Å². The number of nitrogens with zero attached hydrogens (tertiary/aromatic N) is 1. The van der Waals surface area contributed by atoms with Gasteiger partial charge in [0.15, 0.2) is 0 Å². The molecule has 0 aliphatic heterocycles. The largest absolute Gasteiger partial charge is 0.507 e. The van der Waals surface area contributed by atoms with Gasteiger partial charge in [0, 0.05) is 17.9 Å². The van der Waals surface area contributed by atoms with Gasteiger partial charge < -0.3 is 15.1 Å². The van der Waals surface area contributed by atoms with Crippen LogP contribution in [-0.4, -0.2) is 40.3 Å². The number of hydrogen-bond acceptors (Lipinski definition) is 5. The molecule has 0 heterocycles. The molecular weight excluding hydrogens is 350 g/mol. The predicted octanol–water partition coefficient (Wildman–Crippen LogP) is 2.76. The first-order chi connectivity index (χ1) is 11.6. The molecule has 9 heteroatoms. The molecule has 0 fully saturated rings. The van der Waals surface area contributed by atoms with Crippen LogP contribution in [0.4, 0.5) is 11.4 Å². The Morgan fingerprint density at radius 1 is 1.08 bits per heavy atom. The van der Waals surface area contributed by atoms with Gasteiger partial charge in [-0.3, -0.25) is 9.11 Å². The van der Waals surface area contributed by atoms with Crippen molar-refractivity contribution in [2.24, 2.45) is 0 Å². The lowest BCUT2D eigenvalue weighted by Crippen LogP contribution is -2.17. The zero-order valence-corrected chi connectivity index (χ0v) is 13.8. The Balaban J connectivity index is 0.000000550. The van der Waals surface area contributed by atoms with Gasteiger partial charge in [0.05, 0.1) is 0 Å². The van der Waals surface area contributed by atoms with Crippen molar-refractivity contribution in [3.63, 3.8) is 0 Å². The second kappa shape index (κ2) is 8.83. The maximum atomic E-state index is 11.1. The third-order valence-corrected chi connectivity index (χ3v) is 2.90. The molecule has 2 rings (SSSR count). The summed E-state index contributed by atoms with van der Waals surface area (Å²) in [4.78, 5) is 13.0. The highest BCUT2D eigenvalue weighted by atomic mass is 32.3. The summed E-state index contributed by atoms with van der Waals surface area (Å²) in [5, 5.41) is 18.6. The van der Waals surface area contributed by atoms with Crippen LogP contribution in [0.1, 0.15) is 10.4 Å². The van der Waals surface area contributed by atoms with Crippen LogP contribution in [0.2, 0.25) is 0 Å². The molecule has 2 aromatic rings. The number of carboxylic acid groups (broad SMARTS) is 1. The van der Waals surface area contributed by atoms with E-state index in [-0.39, 0.29) is 11.3 Å². The van der Waals surface area contributed by atoms with Crippen LogP contribution < -0.4 is 4.90 Å². The molecule has 25 heavy (non-hydrogen) atoms. The second-order valence-electron chi connectivity index (χ2n) is 4.69. The quantitative estimate of drug-likeness (QED) is 0.468. The van der Waals surface area contributed by atoms with Gasteiger partial charge in [0.25, 0.3) is 0 Å². The fraction of sp³-hybridized carbons (Fsp3) is 0.0625. The molecule has 0 bridgehead atoms. The summed E-state index contributed by atoms with van der Waals surface area (Å²) in [5.41, 5.74) is 1.49. The Kier molecular flexibility index (Phi) is 7.12. The average Bonchev–Trinajstić information content (AvgIpc) is 2.52. The summed E-state index contributed by atoms with van der Waals surface area (Å²) >= 11 is 0. The van der Waals surface area contributed by atoms with E-state index >= 15 is 0 Å². The predicted molar refractivity (Wildman–Crippen MR) is 92.9 cm³/mol. The highest BCUT2D eigenvalue weighted by Crippen LogP contribution is 2.29. The number of rotatable bonds is 5. The molecule has 0 amide bonds. The van der Waals surface area contributed by atoms with Gasteiger partial charge >= 0.3 is 16.4 Å². The molecule has 0 atom stereocenters. The van der Waals surface area contributed by atoms with Crippen LogP contribution in [0.25, 0.3) is 0 Å². The lowest BCUT2D eigenvalue weighted by Gasteiger charge is -2.24. The van der Waals surface area contributed by atoms with Crippen molar-refractivity contribution in [1.29, 1.82) is 0 Å². The molecule has 134 valence electrons. The van der Waals surface area contributed by atoms with Crippen LogP contribution >= 0.6 is 0 Å². The van der Waals surface area contributed by atoms with E-state index in [2.05, 4.69) is 6.58 Å². The fourth-order valence-electron chi connectivity index (χ4n) is 1.96. The van der Waals surface area contributed by atoms with Crippen LogP contribution in [0.3, 0.4) is 0 Å². The van der Waals surface area contributed by atoms with Crippen LogP contribution in [0.5, 0.6) is 5.75 Å². The van der Waals surface area contributed by atoms with E-state index in [1.807, 2.05) is 35.2 Å². The lowest BCUT2D eigenvalue weighted by molar-refractivity contribution is 0.0693. The lowest BCUT2D eigenvalue weighted by atomic mass is 10.1. The second-order valence-corrected chi connectivity index (χ2v) is 5.58. The highest BCUT2D eigenvalue weighted by Gasteiger charge is 2.14. The van der Waals surface area contributed by atoms with Crippen molar-refractivity contribution >= 4 is 27.7 Å². The van der Waals surface area contributed by atoms with E-state index in [0.717, 1.165) is 5.69 Å². The molecule has 4 N–H and O–H groups in total. The van der Waals surface area contributed by atoms with E-state index in [4.69, 9.17) is 22.6 Å². The number of aromatic carboxylic acids is 1. The molecule has 0 aliphatic rings. The molecule has 0 unspecified atom stereocenters. The Morgan fingerprint density at radius 2 is 1.64 bits per heavy atom. The molecule has 0 aliphatic carbocycles. The molecule has 0 spiro atoms. The van der Waals surface area contributed by atoms with Gasteiger partial charge in [-0.25, -0.2) is 4.79 Å². The highest BCUT2D eigenvalue weighted by molar-refractivity contribution is 7.79. The number of para-hydroxylation sites is 1. The number of benzene rings is 2. The summed E-state index contributed by atoms with van der Waals surface area (Å²) in [6, 6.07) is 14.1. The van der Waals surface area contributed by atoms with Crippen molar-refractivity contribution in [1.82, 2.24) is 0 Å². The minimum absolute atomic E-state index is 0.118. The fourth-order valence-corrected chi connectivity index (χ4v) is 1.96. The maximum absolute atomic E-state index is 11.1. The first-order valence-corrected chi connectivity index (χ1v) is 8.23. The Hall–Kier alpha value is -2.88. The Bertz CT molecular complexity index is 827. The van der Waals surface area contributed by atoms with Crippen molar-refractivity contribution in [3.05, 3.63) is 66.7 Å². The number of aromatic hydroxyl groups is 1. The van der Waals surface area contributed by atoms with Crippen molar-refractivity contribution in [2.75, 3.05) is 11.4 Å². The number of hydrogen-bond donors (Lipinski definition) is 4. The van der Waals surface area contributed by atoms with Crippen LogP contribution in [0, 0.1) is 0 Å². The smallest absolute Gasteiger partial charge is 0.394 e. The third kappa shape index (κ3) is 7.04. The Morgan fingerprint density at radius 3 is 2.12 bits per heavy atom. The number of carboxylic acids is 1. The molecule has 0 saturated carbocycles. The molecule has 0 saturated heterocycles. The van der Waals surface area contributed by atoms with E-state index in [0.29, 0.717) is 12.2 Å². The summed E-state index contributed by atoms with van der Waals surface area (Å²) in [6.07, 6.45) is 1.74. The standard InChI is InChI=1S/C16H15NO3.H2O4S/c1-2-10-17(12-6-4-3-5-7-12)13-8-9-15(18)14(11-13)16(19)20;1-5(2,3)4/h2-9,11,18H,1,10H2,(H,19,20);(H2,1,2,3,4). The zero-order chi connectivity index (χ0) is 19.0. The SMILES string of the molecule is C=CCN(c1ccccc1)c1ccc(O)c(C(=O)O)c1.O=S(=O)(O)O. The van der Waals surface area contributed by atoms with Crippen molar-refractivity contribution < 1.29 is 32.5 Å². The van der Waals surface area contributed by atoms with E-state index < -0.39 is 16.4 Å². The van der Waals surface area contributed by atoms with Gasteiger partial charge in [-0.1, -0.05) is 24.3 Å². The minimum Gasteiger partial charge on any atom is -0.507 e. The number of phenols is 1. The molecule has 8 nitrogen and oxygen atoms in total. The van der Waals surface area contributed by atoms with Gasteiger partial charge in [0.1, 0.15) is 11.3 Å². The molecule has 2 aromatic carbocycles.